The Kier molecular flexibility index (Phi) is 5.02. The summed E-state index contributed by atoms with van der Waals surface area (Å²) in [5.74, 6) is 0. The van der Waals surface area contributed by atoms with E-state index < -0.39 is 0 Å². The predicted octanol–water partition coefficient (Wildman–Crippen LogP) is 2.66. The van der Waals surface area contributed by atoms with Crippen LogP contribution in [-0.4, -0.2) is 30.7 Å². The normalized spacial score (nSPS) is 19.6. The van der Waals surface area contributed by atoms with Crippen LogP contribution in [0, 0.1) is 0 Å². The number of benzene rings is 1. The zero-order chi connectivity index (χ0) is 12.8. The average molecular weight is 248 g/mol. The van der Waals surface area contributed by atoms with Gasteiger partial charge in [0, 0.05) is 25.4 Å². The smallest absolute Gasteiger partial charge is 0.0588 e. The van der Waals surface area contributed by atoms with E-state index in [0.717, 1.165) is 38.3 Å². The number of nitrogens with zero attached hydrogens (tertiary/aromatic N) is 1. The van der Waals surface area contributed by atoms with Gasteiger partial charge in [0.1, 0.15) is 0 Å². The van der Waals surface area contributed by atoms with Crippen molar-refractivity contribution in [3.8, 4) is 0 Å². The fraction of sp³-hybridized carbons (Fsp3) is 0.600. The molecule has 0 aromatic heterocycles. The van der Waals surface area contributed by atoms with Gasteiger partial charge in [-0.05, 0) is 43.5 Å². The molecule has 2 rings (SSSR count). The highest BCUT2D eigenvalue weighted by molar-refractivity contribution is 5.39. The number of ether oxygens (including phenoxy) is 1. The topological polar surface area (TPSA) is 38.5 Å². The number of anilines is 1. The summed E-state index contributed by atoms with van der Waals surface area (Å²) in [6.45, 7) is 6.37. The Hall–Kier alpha value is -1.06. The van der Waals surface area contributed by atoms with E-state index in [1.807, 2.05) is 12.1 Å². The standard InChI is InChI=1S/C15H24N2O/c1-2-17(10-9-15-4-3-11-18-15)12-13-5-7-14(16)8-6-13/h5-8,15H,2-4,9-12,16H2,1H3. The van der Waals surface area contributed by atoms with Crippen molar-refractivity contribution in [1.82, 2.24) is 4.90 Å². The molecule has 1 aliphatic rings. The maximum absolute atomic E-state index is 5.70. The van der Waals surface area contributed by atoms with Crippen LogP contribution in [0.5, 0.6) is 0 Å². The molecule has 100 valence electrons. The van der Waals surface area contributed by atoms with Crippen LogP contribution >= 0.6 is 0 Å². The first kappa shape index (κ1) is 13.4. The number of rotatable bonds is 6. The summed E-state index contributed by atoms with van der Waals surface area (Å²) >= 11 is 0. The van der Waals surface area contributed by atoms with Crippen molar-refractivity contribution in [3.05, 3.63) is 29.8 Å². The zero-order valence-corrected chi connectivity index (χ0v) is 11.3. The highest BCUT2D eigenvalue weighted by Crippen LogP contribution is 2.16. The Morgan fingerprint density at radius 1 is 1.33 bits per heavy atom. The predicted molar refractivity (Wildman–Crippen MR) is 75.4 cm³/mol. The number of hydrogen-bond acceptors (Lipinski definition) is 3. The molecule has 0 spiro atoms. The summed E-state index contributed by atoms with van der Waals surface area (Å²) in [4.78, 5) is 2.47. The van der Waals surface area contributed by atoms with Gasteiger partial charge in [0.05, 0.1) is 6.10 Å². The minimum absolute atomic E-state index is 0.491. The first-order valence-corrected chi connectivity index (χ1v) is 6.96. The molecule has 0 bridgehead atoms. The lowest BCUT2D eigenvalue weighted by Gasteiger charge is -2.22. The third-order valence-corrected chi connectivity index (χ3v) is 3.62. The third-order valence-electron chi connectivity index (χ3n) is 3.62. The summed E-state index contributed by atoms with van der Waals surface area (Å²) in [7, 11) is 0. The molecule has 1 aromatic carbocycles. The van der Waals surface area contributed by atoms with Gasteiger partial charge in [-0.3, -0.25) is 4.90 Å². The van der Waals surface area contributed by atoms with Crippen molar-refractivity contribution in [2.45, 2.75) is 38.8 Å². The van der Waals surface area contributed by atoms with Gasteiger partial charge in [-0.15, -0.1) is 0 Å². The van der Waals surface area contributed by atoms with Crippen LogP contribution in [0.2, 0.25) is 0 Å². The van der Waals surface area contributed by atoms with Crippen LogP contribution in [-0.2, 0) is 11.3 Å². The molecule has 1 heterocycles. The van der Waals surface area contributed by atoms with Gasteiger partial charge in [-0.1, -0.05) is 19.1 Å². The first-order valence-electron chi connectivity index (χ1n) is 6.96. The van der Waals surface area contributed by atoms with Gasteiger partial charge >= 0.3 is 0 Å². The van der Waals surface area contributed by atoms with Gasteiger partial charge in [0.25, 0.3) is 0 Å². The van der Waals surface area contributed by atoms with E-state index in [4.69, 9.17) is 10.5 Å². The highest BCUT2D eigenvalue weighted by Gasteiger charge is 2.16. The molecular weight excluding hydrogens is 224 g/mol. The van der Waals surface area contributed by atoms with E-state index in [1.165, 1.54) is 18.4 Å². The summed E-state index contributed by atoms with van der Waals surface area (Å²) in [5.41, 5.74) is 7.87. The van der Waals surface area contributed by atoms with E-state index in [1.54, 1.807) is 0 Å². The van der Waals surface area contributed by atoms with Gasteiger partial charge in [0.15, 0.2) is 0 Å². The Balaban J connectivity index is 1.79. The fourth-order valence-electron chi connectivity index (χ4n) is 2.43. The van der Waals surface area contributed by atoms with Crippen molar-refractivity contribution >= 4 is 5.69 Å². The van der Waals surface area contributed by atoms with Gasteiger partial charge in [-0.2, -0.15) is 0 Å². The van der Waals surface area contributed by atoms with E-state index in [2.05, 4.69) is 24.0 Å². The largest absolute Gasteiger partial charge is 0.399 e. The maximum atomic E-state index is 5.70. The zero-order valence-electron chi connectivity index (χ0n) is 11.3. The summed E-state index contributed by atoms with van der Waals surface area (Å²) < 4.78 is 5.67. The van der Waals surface area contributed by atoms with E-state index in [0.29, 0.717) is 6.10 Å². The number of nitrogens with two attached hydrogens (primary N) is 1. The molecular formula is C15H24N2O. The van der Waals surface area contributed by atoms with Crippen molar-refractivity contribution in [1.29, 1.82) is 0 Å². The van der Waals surface area contributed by atoms with Crippen LogP contribution in [0.15, 0.2) is 24.3 Å². The van der Waals surface area contributed by atoms with Gasteiger partial charge in [-0.25, -0.2) is 0 Å². The summed E-state index contributed by atoms with van der Waals surface area (Å²) in [6.07, 6.45) is 4.11. The average Bonchev–Trinajstić information content (AvgIpc) is 2.90. The van der Waals surface area contributed by atoms with Crippen LogP contribution in [0.4, 0.5) is 5.69 Å². The molecule has 18 heavy (non-hydrogen) atoms. The molecule has 3 heteroatoms. The Morgan fingerprint density at radius 2 is 2.11 bits per heavy atom. The Bertz CT molecular complexity index is 344. The van der Waals surface area contributed by atoms with Crippen LogP contribution in [0.25, 0.3) is 0 Å². The molecule has 0 amide bonds. The van der Waals surface area contributed by atoms with Crippen molar-refractivity contribution in [2.24, 2.45) is 0 Å². The summed E-state index contributed by atoms with van der Waals surface area (Å²) in [5, 5.41) is 0. The molecule has 0 radical (unpaired) electrons. The molecule has 2 N–H and O–H groups in total. The molecule has 1 aromatic rings. The van der Waals surface area contributed by atoms with Crippen LogP contribution < -0.4 is 5.73 Å². The Morgan fingerprint density at radius 3 is 2.72 bits per heavy atom. The monoisotopic (exact) mass is 248 g/mol. The highest BCUT2D eigenvalue weighted by atomic mass is 16.5. The van der Waals surface area contributed by atoms with E-state index in [-0.39, 0.29) is 0 Å². The lowest BCUT2D eigenvalue weighted by molar-refractivity contribution is 0.0917. The van der Waals surface area contributed by atoms with E-state index in [9.17, 15) is 0 Å². The second-order valence-corrected chi connectivity index (χ2v) is 5.03. The van der Waals surface area contributed by atoms with E-state index >= 15 is 0 Å². The lowest BCUT2D eigenvalue weighted by atomic mass is 10.1. The van der Waals surface area contributed by atoms with Crippen molar-refractivity contribution in [3.63, 3.8) is 0 Å². The Labute approximate surface area is 110 Å². The molecule has 1 unspecified atom stereocenters. The maximum Gasteiger partial charge on any atom is 0.0588 e. The first-order chi connectivity index (χ1) is 8.78. The molecule has 1 saturated heterocycles. The second-order valence-electron chi connectivity index (χ2n) is 5.03. The lowest BCUT2D eigenvalue weighted by Crippen LogP contribution is -2.26. The fourth-order valence-corrected chi connectivity index (χ4v) is 2.43. The SMILES string of the molecule is CCN(CCC1CCCO1)Cc1ccc(N)cc1. The van der Waals surface area contributed by atoms with Crippen LogP contribution in [0.3, 0.4) is 0 Å². The van der Waals surface area contributed by atoms with Gasteiger partial charge in [0.2, 0.25) is 0 Å². The third kappa shape index (κ3) is 4.00. The van der Waals surface area contributed by atoms with Crippen molar-refractivity contribution in [2.75, 3.05) is 25.4 Å². The molecule has 0 saturated carbocycles. The van der Waals surface area contributed by atoms with Gasteiger partial charge < -0.3 is 10.5 Å². The van der Waals surface area contributed by atoms with Crippen molar-refractivity contribution < 1.29 is 4.74 Å². The minimum atomic E-state index is 0.491. The quantitative estimate of drug-likeness (QED) is 0.787. The molecule has 0 aliphatic carbocycles. The number of nitrogen functional groups attached to an aromatic ring is 1. The number of hydrogen-bond donors (Lipinski definition) is 1. The molecule has 1 atom stereocenters. The van der Waals surface area contributed by atoms with Crippen LogP contribution in [0.1, 0.15) is 31.7 Å². The molecule has 1 aliphatic heterocycles. The molecule has 1 fully saturated rings. The molecule has 3 nitrogen and oxygen atoms in total. The second kappa shape index (κ2) is 6.76. The minimum Gasteiger partial charge on any atom is -0.399 e. The summed E-state index contributed by atoms with van der Waals surface area (Å²) in [6, 6.07) is 8.18.